The highest BCUT2D eigenvalue weighted by atomic mass is 32.2. The van der Waals surface area contributed by atoms with Gasteiger partial charge in [0, 0.05) is 0 Å². The van der Waals surface area contributed by atoms with Crippen molar-refractivity contribution in [3.8, 4) is 11.5 Å². The van der Waals surface area contributed by atoms with Crippen molar-refractivity contribution in [2.24, 2.45) is 5.10 Å². The predicted octanol–water partition coefficient (Wildman–Crippen LogP) is 3.07. The third kappa shape index (κ3) is 4.20. The summed E-state index contributed by atoms with van der Waals surface area (Å²) in [5, 5.41) is 5.40. The third-order valence-electron chi connectivity index (χ3n) is 2.68. The first-order valence-corrected chi connectivity index (χ1v) is 8.38. The van der Waals surface area contributed by atoms with Crippen molar-refractivity contribution < 1.29 is 14.3 Å². The molecule has 1 aromatic carbocycles. The topological polar surface area (TPSA) is 51.1 Å². The predicted molar refractivity (Wildman–Crippen MR) is 92.9 cm³/mol. The Kier molecular flexibility index (Phi) is 5.79. The Labute approximate surface area is 139 Å². The van der Waals surface area contributed by atoms with Crippen LogP contribution in [0.15, 0.2) is 23.3 Å². The minimum Gasteiger partial charge on any atom is -0.490 e. The number of hydrogen-bond acceptors (Lipinski definition) is 6. The molecule has 1 aliphatic heterocycles. The smallest absolute Gasteiger partial charge is 0.259 e. The number of hydrazone groups is 1. The van der Waals surface area contributed by atoms with Crippen LogP contribution in [0.3, 0.4) is 0 Å². The number of carbonyl (C=O) groups excluding carboxylic acids is 1. The maximum absolute atomic E-state index is 11.6. The highest BCUT2D eigenvalue weighted by molar-refractivity contribution is 8.23. The molecular weight excluding hydrogens is 320 g/mol. The molecule has 0 aromatic heterocycles. The fourth-order valence-electron chi connectivity index (χ4n) is 1.81. The Bertz CT molecular complexity index is 586. The zero-order chi connectivity index (χ0) is 16.1. The van der Waals surface area contributed by atoms with E-state index in [9.17, 15) is 4.79 Å². The average Bonchev–Trinajstić information content (AvgIpc) is 2.78. The number of benzene rings is 1. The number of amides is 1. The van der Waals surface area contributed by atoms with Gasteiger partial charge in [-0.15, -0.1) is 0 Å². The van der Waals surface area contributed by atoms with E-state index in [4.69, 9.17) is 21.7 Å². The molecule has 0 saturated carbocycles. The zero-order valence-corrected chi connectivity index (χ0v) is 14.4. The summed E-state index contributed by atoms with van der Waals surface area (Å²) in [5.41, 5.74) is 0.812. The van der Waals surface area contributed by atoms with Crippen LogP contribution in [-0.2, 0) is 4.79 Å². The molecule has 0 spiro atoms. The van der Waals surface area contributed by atoms with Gasteiger partial charge in [-0.2, -0.15) is 10.1 Å². The molecule has 1 amide bonds. The van der Waals surface area contributed by atoms with Gasteiger partial charge in [-0.1, -0.05) is 24.0 Å². The molecule has 1 aromatic rings. The third-order valence-corrected chi connectivity index (χ3v) is 4.02. The minimum absolute atomic E-state index is 0.0651. The Morgan fingerprint density at radius 2 is 2.23 bits per heavy atom. The van der Waals surface area contributed by atoms with Crippen molar-refractivity contribution in [3.63, 3.8) is 0 Å². The van der Waals surface area contributed by atoms with Gasteiger partial charge in [-0.3, -0.25) is 4.79 Å². The number of nitrogens with zero attached hydrogens (tertiary/aromatic N) is 2. The van der Waals surface area contributed by atoms with Crippen LogP contribution < -0.4 is 9.47 Å². The summed E-state index contributed by atoms with van der Waals surface area (Å²) < 4.78 is 11.8. The van der Waals surface area contributed by atoms with Gasteiger partial charge < -0.3 is 9.47 Å². The lowest BCUT2D eigenvalue weighted by molar-refractivity contribution is -0.123. The largest absolute Gasteiger partial charge is 0.490 e. The molecule has 0 N–H and O–H groups in total. The summed E-state index contributed by atoms with van der Waals surface area (Å²) in [6, 6.07) is 5.53. The number of hydrogen-bond donors (Lipinski definition) is 0. The van der Waals surface area contributed by atoms with Crippen molar-refractivity contribution in [2.45, 2.75) is 26.9 Å². The second-order valence-electron chi connectivity index (χ2n) is 4.81. The Hall–Kier alpha value is -1.60. The normalized spacial score (nSPS) is 15.2. The molecule has 1 aliphatic rings. The molecule has 118 valence electrons. The van der Waals surface area contributed by atoms with Crippen LogP contribution in [0, 0.1) is 0 Å². The summed E-state index contributed by atoms with van der Waals surface area (Å²) in [4.78, 5) is 11.6. The van der Waals surface area contributed by atoms with Gasteiger partial charge in [0.05, 0.1) is 24.7 Å². The summed E-state index contributed by atoms with van der Waals surface area (Å²) >= 11 is 6.40. The number of rotatable bonds is 6. The van der Waals surface area contributed by atoms with Crippen molar-refractivity contribution in [2.75, 3.05) is 12.4 Å². The SMILES string of the molecule is CCOc1cc(/C=N/N2C(=O)CSC2=S)ccc1OC(C)C. The number of thiocarbonyl (C=S) groups is 1. The van der Waals surface area contributed by atoms with Gasteiger partial charge in [-0.25, -0.2) is 0 Å². The highest BCUT2D eigenvalue weighted by Crippen LogP contribution is 2.29. The number of carbonyl (C=O) groups is 1. The van der Waals surface area contributed by atoms with Crippen molar-refractivity contribution in [1.29, 1.82) is 0 Å². The molecule has 22 heavy (non-hydrogen) atoms. The standard InChI is InChI=1S/C15H18N2O3S2/c1-4-19-13-7-11(5-6-12(13)20-10(2)3)8-16-17-14(18)9-22-15(17)21/h5-8,10H,4,9H2,1-3H3/b16-8+. The number of ether oxygens (including phenoxy) is 2. The molecule has 0 bridgehead atoms. The molecule has 0 unspecified atom stereocenters. The van der Waals surface area contributed by atoms with Crippen LogP contribution in [0.5, 0.6) is 11.5 Å². The zero-order valence-electron chi connectivity index (χ0n) is 12.7. The van der Waals surface area contributed by atoms with Crippen LogP contribution in [0.1, 0.15) is 26.3 Å². The van der Waals surface area contributed by atoms with E-state index in [0.29, 0.717) is 28.2 Å². The second-order valence-corrected chi connectivity index (χ2v) is 6.42. The highest BCUT2D eigenvalue weighted by Gasteiger charge is 2.25. The van der Waals surface area contributed by atoms with Crippen LogP contribution in [0.4, 0.5) is 0 Å². The van der Waals surface area contributed by atoms with E-state index < -0.39 is 0 Å². The molecule has 0 radical (unpaired) electrons. The van der Waals surface area contributed by atoms with Crippen molar-refractivity contribution in [1.82, 2.24) is 5.01 Å². The number of thioether (sulfide) groups is 1. The van der Waals surface area contributed by atoms with Crippen LogP contribution in [0.2, 0.25) is 0 Å². The van der Waals surface area contributed by atoms with Crippen LogP contribution in [0.25, 0.3) is 0 Å². The molecule has 0 atom stereocenters. The van der Waals surface area contributed by atoms with E-state index in [0.717, 1.165) is 5.56 Å². The Morgan fingerprint density at radius 1 is 1.45 bits per heavy atom. The van der Waals surface area contributed by atoms with E-state index in [2.05, 4.69) is 5.10 Å². The molecule has 1 heterocycles. The fraction of sp³-hybridized carbons (Fsp3) is 0.400. The minimum atomic E-state index is -0.101. The van der Waals surface area contributed by atoms with E-state index in [1.54, 1.807) is 6.21 Å². The fourth-order valence-corrected chi connectivity index (χ4v) is 2.77. The first-order chi connectivity index (χ1) is 10.5. The van der Waals surface area contributed by atoms with Gasteiger partial charge in [0.1, 0.15) is 0 Å². The lowest BCUT2D eigenvalue weighted by Crippen LogP contribution is -2.22. The molecule has 5 nitrogen and oxygen atoms in total. The molecule has 0 aliphatic carbocycles. The lowest BCUT2D eigenvalue weighted by atomic mass is 10.2. The van der Waals surface area contributed by atoms with E-state index >= 15 is 0 Å². The molecule has 2 rings (SSSR count). The first kappa shape index (κ1) is 16.8. The Morgan fingerprint density at radius 3 is 2.82 bits per heavy atom. The van der Waals surface area contributed by atoms with E-state index in [1.807, 2.05) is 39.0 Å². The monoisotopic (exact) mass is 338 g/mol. The first-order valence-electron chi connectivity index (χ1n) is 6.98. The van der Waals surface area contributed by atoms with Crippen LogP contribution >= 0.6 is 24.0 Å². The lowest BCUT2D eigenvalue weighted by Gasteiger charge is -2.15. The van der Waals surface area contributed by atoms with Gasteiger partial charge in [0.25, 0.3) is 5.91 Å². The second kappa shape index (κ2) is 7.60. The maximum atomic E-state index is 11.6. The van der Waals surface area contributed by atoms with Crippen molar-refractivity contribution in [3.05, 3.63) is 23.8 Å². The molecule has 7 heteroatoms. The van der Waals surface area contributed by atoms with Crippen LogP contribution in [-0.4, -0.2) is 39.9 Å². The summed E-state index contributed by atoms with van der Waals surface area (Å²) in [7, 11) is 0. The van der Waals surface area contributed by atoms with E-state index in [-0.39, 0.29) is 12.0 Å². The molecular formula is C15H18N2O3S2. The van der Waals surface area contributed by atoms with Gasteiger partial charge in [0.15, 0.2) is 15.8 Å². The Balaban J connectivity index is 2.19. The van der Waals surface area contributed by atoms with Gasteiger partial charge >= 0.3 is 0 Å². The summed E-state index contributed by atoms with van der Waals surface area (Å²) in [5.74, 6) is 1.60. The van der Waals surface area contributed by atoms with Crippen molar-refractivity contribution >= 4 is 40.4 Å². The summed E-state index contributed by atoms with van der Waals surface area (Å²) in [6.45, 7) is 6.38. The molecule has 1 fully saturated rings. The summed E-state index contributed by atoms with van der Waals surface area (Å²) in [6.07, 6.45) is 1.66. The maximum Gasteiger partial charge on any atom is 0.259 e. The quantitative estimate of drug-likeness (QED) is 0.589. The van der Waals surface area contributed by atoms with E-state index in [1.165, 1.54) is 16.8 Å². The average molecular weight is 338 g/mol. The molecule has 1 saturated heterocycles. The van der Waals surface area contributed by atoms with Gasteiger partial charge in [0.2, 0.25) is 0 Å². The van der Waals surface area contributed by atoms with Gasteiger partial charge in [-0.05, 0) is 44.5 Å².